The van der Waals surface area contributed by atoms with E-state index < -0.39 is 0 Å². The molecule has 24 heavy (non-hydrogen) atoms. The topological polar surface area (TPSA) is 32.5 Å². The van der Waals surface area contributed by atoms with E-state index in [2.05, 4.69) is 74.3 Å². The van der Waals surface area contributed by atoms with Crippen LogP contribution in [0.5, 0.6) is 0 Å². The van der Waals surface area contributed by atoms with Crippen LogP contribution in [-0.4, -0.2) is 37.6 Å². The Balaban J connectivity index is 1.62. The minimum Gasteiger partial charge on any atom is -0.369 e. The minimum absolute atomic E-state index is 0.747. The van der Waals surface area contributed by atoms with Gasteiger partial charge in [-0.05, 0) is 48.7 Å². The summed E-state index contributed by atoms with van der Waals surface area (Å²) in [6, 6.07) is 17.4. The van der Waals surface area contributed by atoms with Gasteiger partial charge >= 0.3 is 0 Å². The third-order valence-corrected chi connectivity index (χ3v) is 5.15. The van der Waals surface area contributed by atoms with Gasteiger partial charge in [0.1, 0.15) is 0 Å². The van der Waals surface area contributed by atoms with E-state index in [1.165, 1.54) is 16.8 Å². The number of anilines is 1. The third-order valence-electron chi connectivity index (χ3n) is 4.65. The number of halogens is 1. The molecule has 2 N–H and O–H groups in total. The maximum Gasteiger partial charge on any atom is 0.0400 e. The van der Waals surface area contributed by atoms with Gasteiger partial charge in [0.15, 0.2) is 0 Å². The Hall–Kier alpha value is -1.36. The highest BCUT2D eigenvalue weighted by atomic mass is 79.9. The second-order valence-corrected chi connectivity index (χ2v) is 7.33. The summed E-state index contributed by atoms with van der Waals surface area (Å²) in [4.78, 5) is 5.07. The number of rotatable bonds is 6. The summed E-state index contributed by atoms with van der Waals surface area (Å²) < 4.78 is 1.15. The molecule has 0 aliphatic carbocycles. The lowest BCUT2D eigenvalue weighted by Crippen LogP contribution is -2.46. The number of nitrogens with zero attached hydrogens (tertiary/aromatic N) is 2. The molecule has 0 bridgehead atoms. The van der Waals surface area contributed by atoms with Crippen molar-refractivity contribution in [2.75, 3.05) is 37.6 Å². The number of hydrogen-bond acceptors (Lipinski definition) is 3. The highest BCUT2D eigenvalue weighted by Gasteiger charge is 2.19. The Morgan fingerprint density at radius 1 is 0.958 bits per heavy atom. The molecular weight excluding hydrogens is 362 g/mol. The molecule has 1 aliphatic heterocycles. The fourth-order valence-electron chi connectivity index (χ4n) is 3.34. The molecule has 2 aromatic rings. The third kappa shape index (κ3) is 4.59. The van der Waals surface area contributed by atoms with Crippen LogP contribution in [0, 0.1) is 0 Å². The molecule has 0 spiro atoms. The normalized spacial score (nSPS) is 15.7. The van der Waals surface area contributed by atoms with Gasteiger partial charge in [-0.25, -0.2) is 0 Å². The molecule has 0 atom stereocenters. The molecule has 0 amide bonds. The lowest BCUT2D eigenvalue weighted by molar-refractivity contribution is 0.249. The van der Waals surface area contributed by atoms with Crippen LogP contribution < -0.4 is 10.6 Å². The molecule has 1 aliphatic rings. The van der Waals surface area contributed by atoms with Crippen molar-refractivity contribution in [2.24, 2.45) is 5.73 Å². The van der Waals surface area contributed by atoms with Gasteiger partial charge in [-0.1, -0.05) is 46.3 Å². The molecule has 4 heteroatoms. The van der Waals surface area contributed by atoms with Crippen molar-refractivity contribution in [2.45, 2.75) is 19.4 Å². The summed E-state index contributed by atoms with van der Waals surface area (Å²) >= 11 is 3.60. The molecule has 128 valence electrons. The largest absolute Gasteiger partial charge is 0.369 e. The van der Waals surface area contributed by atoms with Crippen molar-refractivity contribution in [1.29, 1.82) is 0 Å². The van der Waals surface area contributed by atoms with Gasteiger partial charge in [-0.15, -0.1) is 0 Å². The quantitative estimate of drug-likeness (QED) is 0.820. The first-order valence-corrected chi connectivity index (χ1v) is 9.55. The van der Waals surface area contributed by atoms with Crippen LogP contribution in [0.1, 0.15) is 17.5 Å². The van der Waals surface area contributed by atoms with Gasteiger partial charge in [0.2, 0.25) is 0 Å². The molecule has 0 radical (unpaired) electrons. The van der Waals surface area contributed by atoms with E-state index in [9.17, 15) is 0 Å². The number of piperazine rings is 1. The van der Waals surface area contributed by atoms with E-state index >= 15 is 0 Å². The molecule has 0 aromatic heterocycles. The Labute approximate surface area is 153 Å². The molecule has 3 nitrogen and oxygen atoms in total. The van der Waals surface area contributed by atoms with Crippen LogP contribution in [0.15, 0.2) is 53.0 Å². The van der Waals surface area contributed by atoms with Crippen molar-refractivity contribution in [3.63, 3.8) is 0 Å². The van der Waals surface area contributed by atoms with Crippen molar-refractivity contribution in [3.05, 3.63) is 64.1 Å². The van der Waals surface area contributed by atoms with Gasteiger partial charge in [0, 0.05) is 42.9 Å². The van der Waals surface area contributed by atoms with Crippen LogP contribution in [0.25, 0.3) is 0 Å². The Morgan fingerprint density at radius 3 is 2.42 bits per heavy atom. The van der Waals surface area contributed by atoms with E-state index in [0.29, 0.717) is 0 Å². The summed E-state index contributed by atoms with van der Waals surface area (Å²) in [5.41, 5.74) is 9.89. The first-order chi connectivity index (χ1) is 11.8. The van der Waals surface area contributed by atoms with Crippen molar-refractivity contribution < 1.29 is 0 Å². The fraction of sp³-hybridized carbons (Fsp3) is 0.400. The molecule has 2 aromatic carbocycles. The number of nitrogens with two attached hydrogens (primary N) is 1. The van der Waals surface area contributed by atoms with Crippen molar-refractivity contribution in [3.8, 4) is 0 Å². The zero-order chi connectivity index (χ0) is 16.8. The molecule has 1 heterocycles. The molecule has 1 saturated heterocycles. The highest BCUT2D eigenvalue weighted by Crippen LogP contribution is 2.27. The van der Waals surface area contributed by atoms with Gasteiger partial charge in [-0.2, -0.15) is 0 Å². The average molecular weight is 388 g/mol. The van der Waals surface area contributed by atoms with E-state index in [0.717, 1.165) is 56.6 Å². The lowest BCUT2D eigenvalue weighted by Gasteiger charge is -2.37. The van der Waals surface area contributed by atoms with E-state index in [-0.39, 0.29) is 0 Å². The van der Waals surface area contributed by atoms with Crippen LogP contribution >= 0.6 is 15.9 Å². The van der Waals surface area contributed by atoms with E-state index in [4.69, 9.17) is 5.73 Å². The monoisotopic (exact) mass is 387 g/mol. The predicted molar refractivity (Wildman–Crippen MR) is 105 cm³/mol. The summed E-state index contributed by atoms with van der Waals surface area (Å²) in [6.45, 7) is 6.20. The van der Waals surface area contributed by atoms with Gasteiger partial charge in [0.25, 0.3) is 0 Å². The zero-order valence-electron chi connectivity index (χ0n) is 14.1. The summed E-state index contributed by atoms with van der Waals surface area (Å²) in [5, 5.41) is 0. The van der Waals surface area contributed by atoms with E-state index in [1.807, 2.05) is 0 Å². The molecule has 0 unspecified atom stereocenters. The molecular formula is C20H26BrN3. The van der Waals surface area contributed by atoms with Crippen molar-refractivity contribution in [1.82, 2.24) is 4.90 Å². The number of aryl methyl sites for hydroxylation is 1. The lowest BCUT2D eigenvalue weighted by atomic mass is 10.1. The fourth-order valence-corrected chi connectivity index (χ4v) is 3.75. The maximum atomic E-state index is 5.70. The second kappa shape index (κ2) is 8.65. The number of hydrogen-bond donors (Lipinski definition) is 1. The summed E-state index contributed by atoms with van der Waals surface area (Å²) in [6.07, 6.45) is 2.09. The number of benzene rings is 2. The summed E-state index contributed by atoms with van der Waals surface area (Å²) in [7, 11) is 0. The Morgan fingerprint density at radius 2 is 1.71 bits per heavy atom. The second-order valence-electron chi connectivity index (χ2n) is 6.41. The average Bonchev–Trinajstić information content (AvgIpc) is 2.62. The molecule has 0 saturated carbocycles. The van der Waals surface area contributed by atoms with Crippen LogP contribution in [0.2, 0.25) is 0 Å². The zero-order valence-corrected chi connectivity index (χ0v) is 15.7. The van der Waals surface area contributed by atoms with Crippen LogP contribution in [-0.2, 0) is 13.0 Å². The smallest absolute Gasteiger partial charge is 0.0400 e. The van der Waals surface area contributed by atoms with Gasteiger partial charge < -0.3 is 10.6 Å². The van der Waals surface area contributed by atoms with E-state index in [1.54, 1.807) is 0 Å². The predicted octanol–water partition coefficient (Wildman–Crippen LogP) is 3.66. The summed E-state index contributed by atoms with van der Waals surface area (Å²) in [5.74, 6) is 0. The standard InChI is InChI=1S/C20H26BrN3/c21-19-8-9-20(18(15-19)7-4-10-22)24-13-11-23(12-14-24)16-17-5-2-1-3-6-17/h1-3,5-6,8-9,15H,4,7,10-14,16,22H2. The first kappa shape index (κ1) is 17.5. The van der Waals surface area contributed by atoms with Gasteiger partial charge in [0.05, 0.1) is 0 Å². The molecule has 3 rings (SSSR count). The molecule has 1 fully saturated rings. The Bertz CT molecular complexity index is 637. The van der Waals surface area contributed by atoms with Crippen LogP contribution in [0.3, 0.4) is 0 Å². The maximum absolute atomic E-state index is 5.70. The van der Waals surface area contributed by atoms with Crippen LogP contribution in [0.4, 0.5) is 5.69 Å². The Kier molecular flexibility index (Phi) is 6.30. The minimum atomic E-state index is 0.747. The van der Waals surface area contributed by atoms with Crippen molar-refractivity contribution >= 4 is 21.6 Å². The van der Waals surface area contributed by atoms with Gasteiger partial charge in [-0.3, -0.25) is 4.90 Å². The SMILES string of the molecule is NCCCc1cc(Br)ccc1N1CCN(Cc2ccccc2)CC1. The highest BCUT2D eigenvalue weighted by molar-refractivity contribution is 9.10. The first-order valence-electron chi connectivity index (χ1n) is 8.76.